The van der Waals surface area contributed by atoms with Gasteiger partial charge >= 0.3 is 4.38 Å². The van der Waals surface area contributed by atoms with Crippen molar-refractivity contribution in [2.24, 2.45) is 0 Å². The minimum atomic E-state index is -4.62. The smallest absolute Gasteiger partial charge is 0.494 e. The molecule has 0 heterocycles. The van der Waals surface area contributed by atoms with Crippen LogP contribution < -0.4 is 9.47 Å². The molecule has 0 spiro atoms. The van der Waals surface area contributed by atoms with Crippen LogP contribution in [0.25, 0.3) is 5.53 Å². The molecule has 0 aliphatic rings. The van der Waals surface area contributed by atoms with E-state index in [4.69, 9.17) is 9.47 Å². The van der Waals surface area contributed by atoms with Gasteiger partial charge in [-0.25, -0.2) is 16.8 Å². The van der Waals surface area contributed by atoms with Crippen molar-refractivity contribution in [1.82, 2.24) is 0 Å². The van der Waals surface area contributed by atoms with E-state index < -0.39 is 24.1 Å². The molecule has 2 aromatic rings. The monoisotopic (exact) mass is 578 g/mol. The Labute approximate surface area is 234 Å². The van der Waals surface area contributed by atoms with E-state index in [1.54, 1.807) is 0 Å². The molecule has 0 bridgehead atoms. The standard InChI is InChI=1S/C29H42N2O6S2/c1-3-5-7-9-11-13-23-36-25-15-19-27(20-16-25)38(32,33)29(31-30)39(34,35)28-21-17-26(18-22-28)37-24-14-12-10-8-6-4-2/h15-22H,3-14,23-24H2,1-2H3. The van der Waals surface area contributed by atoms with Gasteiger partial charge in [-0.05, 0) is 61.4 Å². The molecule has 0 amide bonds. The highest BCUT2D eigenvalue weighted by molar-refractivity contribution is 8.31. The Morgan fingerprint density at radius 1 is 0.590 bits per heavy atom. The fourth-order valence-electron chi connectivity index (χ4n) is 4.03. The predicted octanol–water partition coefficient (Wildman–Crippen LogP) is 7.00. The van der Waals surface area contributed by atoms with Crippen molar-refractivity contribution in [2.45, 2.75) is 101 Å². The van der Waals surface area contributed by atoms with Gasteiger partial charge < -0.3 is 15.0 Å². The van der Waals surface area contributed by atoms with E-state index in [1.165, 1.54) is 87.1 Å². The summed E-state index contributed by atoms with van der Waals surface area (Å²) in [5.74, 6) is 0.953. The van der Waals surface area contributed by atoms with Gasteiger partial charge in [-0.1, -0.05) is 78.1 Å². The van der Waals surface area contributed by atoms with Gasteiger partial charge in [0.2, 0.25) is 0 Å². The fraction of sp³-hybridized carbons (Fsp3) is 0.552. The van der Waals surface area contributed by atoms with E-state index in [0.29, 0.717) is 24.7 Å². The highest BCUT2D eigenvalue weighted by Crippen LogP contribution is 2.24. The van der Waals surface area contributed by atoms with Crippen LogP contribution in [0.3, 0.4) is 0 Å². The maximum atomic E-state index is 13.1. The molecule has 0 fully saturated rings. The molecular weight excluding hydrogens is 536 g/mol. The second-order valence-electron chi connectivity index (χ2n) is 9.55. The van der Waals surface area contributed by atoms with Crippen LogP contribution >= 0.6 is 0 Å². The summed E-state index contributed by atoms with van der Waals surface area (Å²) < 4.78 is 62.3. The molecule has 0 radical (unpaired) electrons. The topological polar surface area (TPSA) is 123 Å². The minimum absolute atomic E-state index is 0.315. The van der Waals surface area contributed by atoms with Crippen molar-refractivity contribution in [3.05, 3.63) is 54.1 Å². The molecule has 2 aromatic carbocycles. The molecule has 10 heteroatoms. The van der Waals surface area contributed by atoms with Crippen molar-refractivity contribution in [3.8, 4) is 11.5 Å². The summed E-state index contributed by atoms with van der Waals surface area (Å²) in [4.78, 5) is 2.06. The molecule has 2 rings (SSSR count). The van der Waals surface area contributed by atoms with Crippen molar-refractivity contribution in [1.29, 1.82) is 0 Å². The summed E-state index contributed by atoms with van der Waals surface area (Å²) in [5, 5.41) is 0. The molecule has 8 nitrogen and oxygen atoms in total. The lowest BCUT2D eigenvalue weighted by Gasteiger charge is -2.08. The van der Waals surface area contributed by atoms with Gasteiger partial charge in [0.25, 0.3) is 19.7 Å². The third-order valence-corrected chi connectivity index (χ3v) is 10.5. The summed E-state index contributed by atoms with van der Waals surface area (Å²) >= 11 is 0. The second kappa shape index (κ2) is 17.1. The maximum Gasteiger partial charge on any atom is 0.504 e. The molecule has 0 aliphatic carbocycles. The largest absolute Gasteiger partial charge is 0.504 e. The third-order valence-electron chi connectivity index (χ3n) is 6.34. The lowest BCUT2D eigenvalue weighted by molar-refractivity contribution is 0.00380. The van der Waals surface area contributed by atoms with Crippen LogP contribution in [0.5, 0.6) is 11.5 Å². The zero-order chi connectivity index (χ0) is 28.6. The number of sulfone groups is 2. The van der Waals surface area contributed by atoms with Crippen molar-refractivity contribution in [2.75, 3.05) is 13.2 Å². The molecule has 0 N–H and O–H groups in total. The van der Waals surface area contributed by atoms with E-state index in [-0.39, 0.29) is 9.79 Å². The van der Waals surface area contributed by atoms with Crippen LogP contribution in [0.1, 0.15) is 90.9 Å². The van der Waals surface area contributed by atoms with Crippen LogP contribution in [-0.4, -0.2) is 39.2 Å². The van der Waals surface area contributed by atoms with Gasteiger partial charge in [-0.3, -0.25) is 0 Å². The summed E-state index contributed by atoms with van der Waals surface area (Å²) in [6.45, 7) is 5.36. The molecule has 216 valence electrons. The highest BCUT2D eigenvalue weighted by Gasteiger charge is 2.44. The summed E-state index contributed by atoms with van der Waals surface area (Å²) in [6, 6.07) is 10.8. The van der Waals surface area contributed by atoms with E-state index in [2.05, 4.69) is 18.6 Å². The summed E-state index contributed by atoms with van der Waals surface area (Å²) in [7, 11) is -9.25. The Bertz CT molecular complexity index is 1160. The SMILES string of the molecule is CCCCCCCCOc1ccc(S(=O)(=O)C(=[N+]=[N-])S(=O)(=O)c2ccc(OCCCCCCCC)cc2)cc1. The predicted molar refractivity (Wildman–Crippen MR) is 154 cm³/mol. The van der Waals surface area contributed by atoms with Crippen molar-refractivity contribution in [3.63, 3.8) is 0 Å². The Morgan fingerprint density at radius 3 is 1.26 bits per heavy atom. The van der Waals surface area contributed by atoms with Crippen LogP contribution in [0.4, 0.5) is 0 Å². The Morgan fingerprint density at radius 2 is 0.923 bits per heavy atom. The fourth-order valence-corrected chi connectivity index (χ4v) is 7.37. The van der Waals surface area contributed by atoms with Gasteiger partial charge in [-0.2, -0.15) is 0 Å². The number of hydrogen-bond donors (Lipinski definition) is 0. The van der Waals surface area contributed by atoms with Gasteiger partial charge in [0.1, 0.15) is 11.5 Å². The Balaban J connectivity index is 1.98. The Kier molecular flexibility index (Phi) is 14.3. The van der Waals surface area contributed by atoms with Crippen LogP contribution in [0.2, 0.25) is 0 Å². The first-order chi connectivity index (χ1) is 18.8. The number of rotatable bonds is 18. The van der Waals surface area contributed by atoms with E-state index in [0.717, 1.165) is 38.5 Å². The molecule has 39 heavy (non-hydrogen) atoms. The molecule has 0 saturated carbocycles. The maximum absolute atomic E-state index is 13.1. The summed E-state index contributed by atoms with van der Waals surface area (Å²) in [5.41, 5.74) is 9.45. The van der Waals surface area contributed by atoms with Gasteiger partial charge in [0.15, 0.2) is 0 Å². The molecular formula is C29H42N2O6S2. The molecule has 0 saturated heterocycles. The zero-order valence-electron chi connectivity index (χ0n) is 23.2. The number of unbranched alkanes of at least 4 members (excludes halogenated alkanes) is 10. The van der Waals surface area contributed by atoms with Crippen molar-refractivity contribution >= 4 is 24.1 Å². The molecule has 0 aromatic heterocycles. The number of nitrogens with zero attached hydrogens (tertiary/aromatic N) is 2. The lowest BCUT2D eigenvalue weighted by Crippen LogP contribution is -2.26. The first-order valence-corrected chi connectivity index (χ1v) is 16.9. The lowest BCUT2D eigenvalue weighted by atomic mass is 10.1. The normalized spacial score (nSPS) is 11.6. The van der Waals surface area contributed by atoms with Gasteiger partial charge in [0.05, 0.1) is 23.0 Å². The van der Waals surface area contributed by atoms with E-state index in [1.807, 2.05) is 0 Å². The number of benzene rings is 2. The summed E-state index contributed by atoms with van der Waals surface area (Å²) in [6.07, 6.45) is 13.5. The van der Waals surface area contributed by atoms with Crippen LogP contribution in [-0.2, 0) is 19.7 Å². The first kappa shape index (κ1) is 32.5. The molecule has 0 atom stereocenters. The first-order valence-electron chi connectivity index (χ1n) is 13.9. The number of ether oxygens (including phenoxy) is 2. The van der Waals surface area contributed by atoms with Gasteiger partial charge in [0, 0.05) is 0 Å². The second-order valence-corrected chi connectivity index (χ2v) is 13.5. The quantitative estimate of drug-likeness (QED) is 0.0617. The Hall–Kier alpha value is -2.68. The molecule has 0 aliphatic heterocycles. The van der Waals surface area contributed by atoms with E-state index in [9.17, 15) is 22.4 Å². The minimum Gasteiger partial charge on any atom is -0.494 e. The average molecular weight is 579 g/mol. The zero-order valence-corrected chi connectivity index (χ0v) is 24.8. The average Bonchev–Trinajstić information content (AvgIpc) is 2.92. The van der Waals surface area contributed by atoms with Gasteiger partial charge in [-0.15, -0.1) is 4.79 Å². The van der Waals surface area contributed by atoms with Crippen LogP contribution in [0, 0.1) is 0 Å². The molecule has 0 unspecified atom stereocenters. The number of hydrogen-bond acceptors (Lipinski definition) is 6. The third kappa shape index (κ3) is 10.4. The highest BCUT2D eigenvalue weighted by atomic mass is 32.3. The van der Waals surface area contributed by atoms with Crippen molar-refractivity contribution < 1.29 is 31.1 Å². The van der Waals surface area contributed by atoms with E-state index >= 15 is 0 Å². The van der Waals surface area contributed by atoms with Crippen LogP contribution in [0.15, 0.2) is 58.3 Å².